The van der Waals surface area contributed by atoms with Gasteiger partial charge in [-0.25, -0.2) is 0 Å². The zero-order chi connectivity index (χ0) is 13.0. The number of carbonyl (C=O) groups is 1. The summed E-state index contributed by atoms with van der Waals surface area (Å²) in [7, 11) is 0. The molecule has 0 bridgehead atoms. The second kappa shape index (κ2) is 5.67. The number of hydrogen-bond acceptors (Lipinski definition) is 3. The zero-order valence-corrected chi connectivity index (χ0v) is 10.2. The van der Waals surface area contributed by atoms with Crippen LogP contribution < -0.4 is 4.74 Å². The molecular formula is C14H11ClO3. The molecule has 0 unspecified atom stereocenters. The fourth-order valence-corrected chi connectivity index (χ4v) is 1.74. The van der Waals surface area contributed by atoms with Crippen LogP contribution in [-0.4, -0.2) is 11.4 Å². The summed E-state index contributed by atoms with van der Waals surface area (Å²) in [6, 6.07) is 11.9. The lowest BCUT2D eigenvalue weighted by atomic mass is 10.2. The summed E-state index contributed by atoms with van der Waals surface area (Å²) in [6.45, 7) is -0.125. The maximum Gasteiger partial charge on any atom is 0.153 e. The molecule has 4 heteroatoms. The third-order valence-corrected chi connectivity index (χ3v) is 2.70. The van der Waals surface area contributed by atoms with E-state index in [0.717, 1.165) is 0 Å². The van der Waals surface area contributed by atoms with Crippen molar-refractivity contribution in [1.29, 1.82) is 0 Å². The molecule has 0 saturated heterocycles. The summed E-state index contributed by atoms with van der Waals surface area (Å²) in [5, 5.41) is 9.67. The summed E-state index contributed by atoms with van der Waals surface area (Å²) >= 11 is 5.80. The SMILES string of the molecule is O=Cc1cc(Cl)ccc1Oc1ccccc1CO. The molecule has 0 aliphatic rings. The molecule has 0 radical (unpaired) electrons. The summed E-state index contributed by atoms with van der Waals surface area (Å²) in [5.41, 5.74) is 1.03. The Kier molecular flexibility index (Phi) is 3.97. The molecule has 0 heterocycles. The first kappa shape index (κ1) is 12.6. The van der Waals surface area contributed by atoms with Gasteiger partial charge in [-0.1, -0.05) is 29.8 Å². The van der Waals surface area contributed by atoms with Crippen LogP contribution in [0.4, 0.5) is 0 Å². The Morgan fingerprint density at radius 2 is 1.94 bits per heavy atom. The van der Waals surface area contributed by atoms with Crippen LogP contribution in [0.3, 0.4) is 0 Å². The molecule has 2 aromatic rings. The summed E-state index contributed by atoms with van der Waals surface area (Å²) in [5.74, 6) is 0.931. The highest BCUT2D eigenvalue weighted by molar-refractivity contribution is 6.30. The van der Waals surface area contributed by atoms with Crippen molar-refractivity contribution in [2.45, 2.75) is 6.61 Å². The number of aliphatic hydroxyl groups excluding tert-OH is 1. The van der Waals surface area contributed by atoms with Crippen LogP contribution in [0.15, 0.2) is 42.5 Å². The average Bonchev–Trinajstić information content (AvgIpc) is 2.41. The fourth-order valence-electron chi connectivity index (χ4n) is 1.56. The molecular weight excluding hydrogens is 252 g/mol. The van der Waals surface area contributed by atoms with Gasteiger partial charge in [-0.3, -0.25) is 4.79 Å². The van der Waals surface area contributed by atoms with E-state index in [4.69, 9.17) is 16.3 Å². The standard InChI is InChI=1S/C14H11ClO3/c15-12-5-6-14(11(7-12)9-17)18-13-4-2-1-3-10(13)8-16/h1-7,9,16H,8H2. The Hall–Kier alpha value is -1.84. The van der Waals surface area contributed by atoms with Gasteiger partial charge < -0.3 is 9.84 Å². The number of carbonyl (C=O) groups excluding carboxylic acids is 1. The maximum atomic E-state index is 10.9. The first-order valence-electron chi connectivity index (χ1n) is 5.36. The number of benzene rings is 2. The van der Waals surface area contributed by atoms with Crippen LogP contribution in [0.25, 0.3) is 0 Å². The van der Waals surface area contributed by atoms with Crippen molar-refractivity contribution in [2.75, 3.05) is 0 Å². The van der Waals surface area contributed by atoms with Gasteiger partial charge >= 0.3 is 0 Å². The zero-order valence-electron chi connectivity index (χ0n) is 9.47. The van der Waals surface area contributed by atoms with Crippen molar-refractivity contribution in [1.82, 2.24) is 0 Å². The highest BCUT2D eigenvalue weighted by atomic mass is 35.5. The van der Waals surface area contributed by atoms with E-state index >= 15 is 0 Å². The lowest BCUT2D eigenvalue weighted by Crippen LogP contribution is -1.94. The van der Waals surface area contributed by atoms with E-state index in [1.165, 1.54) is 6.07 Å². The van der Waals surface area contributed by atoms with E-state index in [1.807, 2.05) is 0 Å². The van der Waals surface area contributed by atoms with E-state index in [-0.39, 0.29) is 6.61 Å². The molecule has 1 N–H and O–H groups in total. The number of ether oxygens (including phenoxy) is 1. The molecule has 3 nitrogen and oxygen atoms in total. The van der Waals surface area contributed by atoms with Crippen LogP contribution in [0, 0.1) is 0 Å². The van der Waals surface area contributed by atoms with Gasteiger partial charge in [-0.2, -0.15) is 0 Å². The van der Waals surface area contributed by atoms with E-state index in [2.05, 4.69) is 0 Å². The number of rotatable bonds is 4. The summed E-state index contributed by atoms with van der Waals surface area (Å²) in [6.07, 6.45) is 0.683. The molecule has 18 heavy (non-hydrogen) atoms. The van der Waals surface area contributed by atoms with Crippen LogP contribution >= 0.6 is 11.6 Å². The molecule has 2 aromatic carbocycles. The Morgan fingerprint density at radius 3 is 2.67 bits per heavy atom. The van der Waals surface area contributed by atoms with E-state index in [9.17, 15) is 9.90 Å². The molecule has 92 valence electrons. The Morgan fingerprint density at radius 1 is 1.17 bits per heavy atom. The normalized spacial score (nSPS) is 10.1. The first-order valence-corrected chi connectivity index (χ1v) is 5.73. The molecule has 0 aliphatic carbocycles. The van der Waals surface area contributed by atoms with Gasteiger partial charge in [-0.15, -0.1) is 0 Å². The van der Waals surface area contributed by atoms with Gasteiger partial charge in [0.15, 0.2) is 6.29 Å². The average molecular weight is 263 g/mol. The second-order valence-corrected chi connectivity index (χ2v) is 4.10. The Bertz CT molecular complexity index is 567. The van der Waals surface area contributed by atoms with Gasteiger partial charge in [0, 0.05) is 10.6 Å². The van der Waals surface area contributed by atoms with Crippen LogP contribution in [-0.2, 0) is 6.61 Å². The van der Waals surface area contributed by atoms with Crippen LogP contribution in [0.5, 0.6) is 11.5 Å². The minimum Gasteiger partial charge on any atom is -0.456 e. The predicted molar refractivity (Wildman–Crippen MR) is 69.3 cm³/mol. The molecule has 0 atom stereocenters. The van der Waals surface area contributed by atoms with Gasteiger partial charge in [0.2, 0.25) is 0 Å². The fraction of sp³-hybridized carbons (Fsp3) is 0.0714. The maximum absolute atomic E-state index is 10.9. The van der Waals surface area contributed by atoms with Crippen molar-refractivity contribution < 1.29 is 14.6 Å². The smallest absolute Gasteiger partial charge is 0.153 e. The van der Waals surface area contributed by atoms with E-state index in [0.29, 0.717) is 33.9 Å². The van der Waals surface area contributed by atoms with Crippen molar-refractivity contribution in [3.8, 4) is 11.5 Å². The molecule has 0 aliphatic heterocycles. The molecule has 2 rings (SSSR count). The molecule has 0 amide bonds. The van der Waals surface area contributed by atoms with Crippen LogP contribution in [0.1, 0.15) is 15.9 Å². The van der Waals surface area contributed by atoms with E-state index in [1.54, 1.807) is 36.4 Å². The molecule has 0 saturated carbocycles. The van der Waals surface area contributed by atoms with Crippen LogP contribution in [0.2, 0.25) is 5.02 Å². The highest BCUT2D eigenvalue weighted by Gasteiger charge is 2.08. The quantitative estimate of drug-likeness (QED) is 0.859. The largest absolute Gasteiger partial charge is 0.456 e. The van der Waals surface area contributed by atoms with Crippen molar-refractivity contribution >= 4 is 17.9 Å². The van der Waals surface area contributed by atoms with Crippen molar-refractivity contribution in [3.05, 3.63) is 58.6 Å². The predicted octanol–water partition coefficient (Wildman–Crippen LogP) is 3.44. The summed E-state index contributed by atoms with van der Waals surface area (Å²) < 4.78 is 5.63. The third-order valence-electron chi connectivity index (χ3n) is 2.46. The Labute approximate surface area is 110 Å². The third kappa shape index (κ3) is 2.70. The lowest BCUT2D eigenvalue weighted by Gasteiger charge is -2.11. The first-order chi connectivity index (χ1) is 8.74. The van der Waals surface area contributed by atoms with Gasteiger partial charge in [0.1, 0.15) is 11.5 Å². The monoisotopic (exact) mass is 262 g/mol. The van der Waals surface area contributed by atoms with E-state index < -0.39 is 0 Å². The summed E-state index contributed by atoms with van der Waals surface area (Å²) in [4.78, 5) is 10.9. The van der Waals surface area contributed by atoms with Crippen molar-refractivity contribution in [3.63, 3.8) is 0 Å². The number of hydrogen-bond donors (Lipinski definition) is 1. The number of aldehydes is 1. The van der Waals surface area contributed by atoms with Gasteiger partial charge in [-0.05, 0) is 24.3 Å². The molecule has 0 spiro atoms. The molecule has 0 aromatic heterocycles. The lowest BCUT2D eigenvalue weighted by molar-refractivity contribution is 0.112. The second-order valence-electron chi connectivity index (χ2n) is 3.67. The minimum atomic E-state index is -0.125. The topological polar surface area (TPSA) is 46.5 Å². The van der Waals surface area contributed by atoms with Gasteiger partial charge in [0.25, 0.3) is 0 Å². The van der Waals surface area contributed by atoms with Gasteiger partial charge in [0.05, 0.1) is 12.2 Å². The Balaban J connectivity index is 2.36. The molecule has 0 fully saturated rings. The minimum absolute atomic E-state index is 0.125. The number of aliphatic hydroxyl groups is 1. The van der Waals surface area contributed by atoms with Crippen molar-refractivity contribution in [2.24, 2.45) is 0 Å². The number of para-hydroxylation sites is 1. The highest BCUT2D eigenvalue weighted by Crippen LogP contribution is 2.29. The number of halogens is 1.